The predicted molar refractivity (Wildman–Crippen MR) is 164 cm³/mol. The summed E-state index contributed by atoms with van der Waals surface area (Å²) in [6.07, 6.45) is 5.15. The Morgan fingerprint density at radius 1 is 1.20 bits per heavy atom. The second-order valence-electron chi connectivity index (χ2n) is 10.1. The summed E-state index contributed by atoms with van der Waals surface area (Å²) in [7, 11) is 7.12. The molecule has 4 rings (SSSR count). The Balaban J connectivity index is 1.75. The van der Waals surface area contributed by atoms with E-state index < -0.39 is 0 Å². The Kier molecular flexibility index (Phi) is 10.6. The number of hydrogen-bond acceptors (Lipinski definition) is 10. The Hall–Kier alpha value is -3.18. The van der Waals surface area contributed by atoms with Crippen LogP contribution in [0.25, 0.3) is 22.2 Å². The van der Waals surface area contributed by atoms with Crippen LogP contribution >= 0.6 is 23.2 Å². The molecule has 2 atom stereocenters. The third-order valence-electron chi connectivity index (χ3n) is 6.98. The molecule has 0 spiro atoms. The van der Waals surface area contributed by atoms with Gasteiger partial charge in [0.15, 0.2) is 11.6 Å². The van der Waals surface area contributed by atoms with E-state index in [0.717, 1.165) is 24.8 Å². The lowest BCUT2D eigenvalue weighted by molar-refractivity contribution is -0.116. The number of aromatic nitrogens is 3. The number of methoxy groups -OCH3 is 2. The minimum absolute atomic E-state index is 0.00978. The Morgan fingerprint density at radius 3 is 2.59 bits per heavy atom. The smallest absolute Gasteiger partial charge is 0.223 e. The van der Waals surface area contributed by atoms with Gasteiger partial charge in [-0.15, -0.1) is 0 Å². The zero-order valence-corrected chi connectivity index (χ0v) is 25.3. The van der Waals surface area contributed by atoms with Crippen LogP contribution in [0.15, 0.2) is 31.0 Å². The van der Waals surface area contributed by atoms with Gasteiger partial charge in [-0.3, -0.25) is 4.79 Å². The van der Waals surface area contributed by atoms with E-state index in [1.165, 1.54) is 20.3 Å². The van der Waals surface area contributed by atoms with Gasteiger partial charge in [0.2, 0.25) is 5.95 Å². The molecule has 0 unspecified atom stereocenters. The lowest BCUT2D eigenvalue weighted by atomic mass is 9.90. The maximum atomic E-state index is 12.1. The van der Waals surface area contributed by atoms with E-state index in [2.05, 4.69) is 27.1 Å². The Labute approximate surface area is 250 Å². The van der Waals surface area contributed by atoms with E-state index in [-0.39, 0.29) is 17.7 Å². The van der Waals surface area contributed by atoms with Crippen LogP contribution in [0.3, 0.4) is 0 Å². The van der Waals surface area contributed by atoms with Crippen molar-refractivity contribution in [2.75, 3.05) is 65.3 Å². The molecule has 10 nitrogen and oxygen atoms in total. The minimum atomic E-state index is -0.115. The topological polar surface area (TPSA) is 111 Å². The first-order valence-corrected chi connectivity index (χ1v) is 14.2. The monoisotopic (exact) mass is 602 g/mol. The molecular formula is C29H36Cl2N6O4. The third-order valence-corrected chi connectivity index (χ3v) is 7.73. The van der Waals surface area contributed by atoms with Gasteiger partial charge >= 0.3 is 0 Å². The van der Waals surface area contributed by atoms with Gasteiger partial charge in [-0.05, 0) is 51.5 Å². The highest BCUT2D eigenvalue weighted by atomic mass is 35.5. The highest BCUT2D eigenvalue weighted by Gasteiger charge is 2.28. The van der Waals surface area contributed by atoms with Crippen LogP contribution in [0.1, 0.15) is 19.3 Å². The highest BCUT2D eigenvalue weighted by Crippen LogP contribution is 2.46. The van der Waals surface area contributed by atoms with Gasteiger partial charge in [-0.2, -0.15) is 0 Å². The predicted octanol–water partition coefficient (Wildman–Crippen LogP) is 5.34. The average Bonchev–Trinajstić information content (AvgIpc) is 2.96. The number of rotatable bonds is 13. The lowest BCUT2D eigenvalue weighted by Crippen LogP contribution is -2.40. The number of carbonyl (C=O) groups excluding carboxylic acids is 1. The van der Waals surface area contributed by atoms with Crippen molar-refractivity contribution in [2.45, 2.75) is 25.3 Å². The summed E-state index contributed by atoms with van der Waals surface area (Å²) in [5, 5.41) is 8.20. The molecule has 2 N–H and O–H groups in total. The van der Waals surface area contributed by atoms with Gasteiger partial charge in [0, 0.05) is 42.8 Å². The van der Waals surface area contributed by atoms with E-state index in [4.69, 9.17) is 47.4 Å². The van der Waals surface area contributed by atoms with Crippen molar-refractivity contribution in [1.29, 1.82) is 0 Å². The largest absolute Gasteiger partial charge is 0.495 e. The number of carbonyl (C=O) groups is 1. The number of pyridine rings is 1. The first-order chi connectivity index (χ1) is 19.7. The second kappa shape index (κ2) is 14.1. The van der Waals surface area contributed by atoms with E-state index in [0.29, 0.717) is 76.3 Å². The van der Waals surface area contributed by atoms with Crippen molar-refractivity contribution in [3.63, 3.8) is 0 Å². The molecule has 1 saturated heterocycles. The number of anilines is 2. The normalized spacial score (nSPS) is 17.0. The standard InChI is InChI=1S/C29H36Cl2N6O4/c1-6-19(38)12-17-8-11-41-16-21(17)35-29-33-15-18-13-20(24-25(30)22(39-4)14-23(40-5)26(24)31)34-28(27(18)36-29)32-9-7-10-37(2)3/h6,13-15,17,21H,1,7-12,16H2,2-5H3,(H,32,34)(H,33,35,36)/t17-,21-/m1/s1. The van der Waals surface area contributed by atoms with Crippen molar-refractivity contribution < 1.29 is 19.0 Å². The van der Waals surface area contributed by atoms with Gasteiger partial charge in [0.05, 0.1) is 42.6 Å². The van der Waals surface area contributed by atoms with Gasteiger partial charge in [0.25, 0.3) is 0 Å². The molecule has 1 aliphatic rings. The lowest BCUT2D eigenvalue weighted by Gasteiger charge is -2.31. The first-order valence-electron chi connectivity index (χ1n) is 13.4. The van der Waals surface area contributed by atoms with Crippen LogP contribution in [0.4, 0.5) is 11.8 Å². The summed E-state index contributed by atoms with van der Waals surface area (Å²) in [4.78, 5) is 28.5. The van der Waals surface area contributed by atoms with Gasteiger partial charge in [-0.25, -0.2) is 15.0 Å². The number of nitrogens with zero attached hydrogens (tertiary/aromatic N) is 4. The summed E-state index contributed by atoms with van der Waals surface area (Å²) in [5.41, 5.74) is 1.64. The molecule has 2 aromatic heterocycles. The van der Waals surface area contributed by atoms with E-state index >= 15 is 0 Å². The molecule has 220 valence electrons. The molecule has 41 heavy (non-hydrogen) atoms. The molecule has 0 amide bonds. The van der Waals surface area contributed by atoms with E-state index in [1.54, 1.807) is 12.3 Å². The van der Waals surface area contributed by atoms with Gasteiger partial charge in [-0.1, -0.05) is 29.8 Å². The summed E-state index contributed by atoms with van der Waals surface area (Å²) >= 11 is 13.4. The first kappa shape index (κ1) is 30.8. The number of halogens is 2. The fraction of sp³-hybridized carbons (Fsp3) is 0.448. The summed E-state index contributed by atoms with van der Waals surface area (Å²) < 4.78 is 16.6. The van der Waals surface area contributed by atoms with Crippen LogP contribution in [0.5, 0.6) is 11.5 Å². The van der Waals surface area contributed by atoms with Crippen molar-refractivity contribution in [3.05, 3.63) is 41.0 Å². The number of hydrogen-bond donors (Lipinski definition) is 2. The van der Waals surface area contributed by atoms with Crippen LogP contribution in [-0.4, -0.2) is 86.3 Å². The number of ether oxygens (including phenoxy) is 3. The molecule has 0 bridgehead atoms. The van der Waals surface area contributed by atoms with Crippen molar-refractivity contribution in [2.24, 2.45) is 5.92 Å². The van der Waals surface area contributed by atoms with Crippen LogP contribution in [0, 0.1) is 5.92 Å². The van der Waals surface area contributed by atoms with Crippen LogP contribution in [0.2, 0.25) is 10.0 Å². The quantitative estimate of drug-likeness (QED) is 0.196. The van der Waals surface area contributed by atoms with Crippen LogP contribution in [-0.2, 0) is 9.53 Å². The maximum absolute atomic E-state index is 12.1. The van der Waals surface area contributed by atoms with Crippen molar-refractivity contribution in [1.82, 2.24) is 19.9 Å². The molecule has 1 aliphatic heterocycles. The molecule has 0 radical (unpaired) electrons. The Bertz CT molecular complexity index is 1380. The molecule has 1 aromatic carbocycles. The SMILES string of the molecule is C=CC(=O)C[C@H]1CCOC[C@H]1Nc1ncc2cc(-c3c(Cl)c(OC)cc(OC)c3Cl)nc(NCCCN(C)C)c2n1. The Morgan fingerprint density at radius 2 is 1.93 bits per heavy atom. The van der Waals surface area contributed by atoms with E-state index in [9.17, 15) is 4.79 Å². The molecule has 3 aromatic rings. The van der Waals surface area contributed by atoms with Gasteiger partial charge in [0.1, 0.15) is 17.0 Å². The highest BCUT2D eigenvalue weighted by molar-refractivity contribution is 6.41. The second-order valence-corrected chi connectivity index (χ2v) is 10.9. The number of benzene rings is 1. The fourth-order valence-electron chi connectivity index (χ4n) is 4.77. The zero-order chi connectivity index (χ0) is 29.5. The summed E-state index contributed by atoms with van der Waals surface area (Å²) in [6, 6.07) is 3.36. The van der Waals surface area contributed by atoms with E-state index in [1.807, 2.05) is 20.2 Å². The molecule has 3 heterocycles. The van der Waals surface area contributed by atoms with Gasteiger partial charge < -0.3 is 29.7 Å². The molecule has 1 fully saturated rings. The summed E-state index contributed by atoms with van der Waals surface area (Å²) in [6.45, 7) is 6.25. The number of allylic oxidation sites excluding steroid dienone is 1. The fourth-order valence-corrected chi connectivity index (χ4v) is 5.46. The summed E-state index contributed by atoms with van der Waals surface area (Å²) in [5.74, 6) is 1.92. The number of ketones is 1. The maximum Gasteiger partial charge on any atom is 0.223 e. The average molecular weight is 604 g/mol. The molecule has 0 aliphatic carbocycles. The molecule has 12 heteroatoms. The minimum Gasteiger partial charge on any atom is -0.495 e. The zero-order valence-electron chi connectivity index (χ0n) is 23.8. The number of nitrogens with one attached hydrogen (secondary N) is 2. The van der Waals surface area contributed by atoms with Crippen molar-refractivity contribution >= 4 is 51.7 Å². The number of fused-ring (bicyclic) bond motifs is 1. The third kappa shape index (κ3) is 7.37. The van der Waals surface area contributed by atoms with Crippen LogP contribution < -0.4 is 20.1 Å². The molecular weight excluding hydrogens is 567 g/mol. The molecule has 0 saturated carbocycles. The van der Waals surface area contributed by atoms with Crippen molar-refractivity contribution in [3.8, 4) is 22.8 Å².